The minimum absolute atomic E-state index is 0.137. The minimum Gasteiger partial charge on any atom is -0.497 e. The van der Waals surface area contributed by atoms with Gasteiger partial charge in [0.05, 0.1) is 20.8 Å². The van der Waals surface area contributed by atoms with Gasteiger partial charge < -0.3 is 19.9 Å². The lowest BCUT2D eigenvalue weighted by molar-refractivity contribution is 0.291. The molecule has 0 atom stereocenters. The van der Waals surface area contributed by atoms with Crippen molar-refractivity contribution in [1.82, 2.24) is 5.32 Å². The summed E-state index contributed by atoms with van der Waals surface area (Å²) >= 11 is 0. The molecule has 4 heteroatoms. The minimum atomic E-state index is 0.137. The number of hydrogen-bond donors (Lipinski definition) is 2. The predicted molar refractivity (Wildman–Crippen MR) is 58.3 cm³/mol. The van der Waals surface area contributed by atoms with Gasteiger partial charge in [-0.1, -0.05) is 6.07 Å². The first kappa shape index (κ1) is 11.8. The van der Waals surface area contributed by atoms with Gasteiger partial charge in [-0.3, -0.25) is 0 Å². The van der Waals surface area contributed by atoms with Crippen LogP contribution in [0, 0.1) is 0 Å². The Morgan fingerprint density at radius 2 is 2.07 bits per heavy atom. The maximum absolute atomic E-state index is 8.64. The first-order chi connectivity index (χ1) is 7.31. The molecule has 4 nitrogen and oxygen atoms in total. The Hall–Kier alpha value is -1.26. The van der Waals surface area contributed by atoms with E-state index in [1.807, 2.05) is 18.2 Å². The highest BCUT2D eigenvalue weighted by Crippen LogP contribution is 2.24. The van der Waals surface area contributed by atoms with Crippen LogP contribution in [0.25, 0.3) is 0 Å². The summed E-state index contributed by atoms with van der Waals surface area (Å²) in [5.41, 5.74) is 1.05. The smallest absolute Gasteiger partial charge is 0.127 e. The van der Waals surface area contributed by atoms with Gasteiger partial charge in [-0.25, -0.2) is 0 Å². The number of nitrogens with one attached hydrogen (secondary N) is 1. The summed E-state index contributed by atoms with van der Waals surface area (Å²) in [6, 6.07) is 5.68. The number of ether oxygens (including phenoxy) is 2. The molecule has 0 amide bonds. The maximum Gasteiger partial charge on any atom is 0.127 e. The average molecular weight is 211 g/mol. The SMILES string of the molecule is COc1ccc(CNCCO)c(OC)c1. The second kappa shape index (κ2) is 6.27. The topological polar surface area (TPSA) is 50.7 Å². The Morgan fingerprint density at radius 1 is 1.27 bits per heavy atom. The molecule has 0 heterocycles. The summed E-state index contributed by atoms with van der Waals surface area (Å²) in [5, 5.41) is 11.7. The van der Waals surface area contributed by atoms with Crippen molar-refractivity contribution in [3.05, 3.63) is 23.8 Å². The summed E-state index contributed by atoms with van der Waals surface area (Å²) in [6.45, 7) is 1.39. The lowest BCUT2D eigenvalue weighted by atomic mass is 10.2. The molecule has 0 saturated heterocycles. The van der Waals surface area contributed by atoms with Gasteiger partial charge >= 0.3 is 0 Å². The summed E-state index contributed by atoms with van der Waals surface area (Å²) in [4.78, 5) is 0. The van der Waals surface area contributed by atoms with Gasteiger partial charge in [-0.2, -0.15) is 0 Å². The number of aliphatic hydroxyl groups excluding tert-OH is 1. The molecule has 1 aromatic rings. The van der Waals surface area contributed by atoms with Crippen LogP contribution >= 0.6 is 0 Å². The van der Waals surface area contributed by atoms with Crippen LogP contribution in [0.4, 0.5) is 0 Å². The molecule has 0 aliphatic rings. The maximum atomic E-state index is 8.64. The van der Waals surface area contributed by atoms with E-state index in [1.54, 1.807) is 14.2 Å². The highest BCUT2D eigenvalue weighted by molar-refractivity contribution is 5.40. The van der Waals surface area contributed by atoms with Crippen molar-refractivity contribution in [1.29, 1.82) is 0 Å². The largest absolute Gasteiger partial charge is 0.497 e. The predicted octanol–water partition coefficient (Wildman–Crippen LogP) is 0.786. The van der Waals surface area contributed by atoms with Crippen molar-refractivity contribution in [3.63, 3.8) is 0 Å². The molecule has 2 N–H and O–H groups in total. The van der Waals surface area contributed by atoms with Gasteiger partial charge in [0.1, 0.15) is 11.5 Å². The van der Waals surface area contributed by atoms with Crippen molar-refractivity contribution in [2.75, 3.05) is 27.4 Å². The van der Waals surface area contributed by atoms with Crippen molar-refractivity contribution in [3.8, 4) is 11.5 Å². The average Bonchev–Trinajstić information content (AvgIpc) is 2.29. The van der Waals surface area contributed by atoms with E-state index in [4.69, 9.17) is 14.6 Å². The number of hydrogen-bond acceptors (Lipinski definition) is 4. The molecule has 0 bridgehead atoms. The third-order valence-electron chi connectivity index (χ3n) is 2.10. The second-order valence-electron chi connectivity index (χ2n) is 3.08. The zero-order chi connectivity index (χ0) is 11.1. The fourth-order valence-electron chi connectivity index (χ4n) is 1.30. The van der Waals surface area contributed by atoms with Crippen LogP contribution in [-0.2, 0) is 6.54 Å². The molecule has 84 valence electrons. The zero-order valence-electron chi connectivity index (χ0n) is 9.12. The molecule has 15 heavy (non-hydrogen) atoms. The van der Waals surface area contributed by atoms with Crippen LogP contribution in [0.5, 0.6) is 11.5 Å². The van der Waals surface area contributed by atoms with Crippen LogP contribution in [0.3, 0.4) is 0 Å². The standard InChI is InChI=1S/C11H17NO3/c1-14-10-4-3-9(8-12-5-6-13)11(7-10)15-2/h3-4,7,12-13H,5-6,8H2,1-2H3. The fourth-order valence-corrected chi connectivity index (χ4v) is 1.30. The third-order valence-corrected chi connectivity index (χ3v) is 2.10. The lowest BCUT2D eigenvalue weighted by Crippen LogP contribution is -2.17. The molecule has 0 aliphatic carbocycles. The van der Waals surface area contributed by atoms with Gasteiger partial charge in [-0.05, 0) is 6.07 Å². The monoisotopic (exact) mass is 211 g/mol. The van der Waals surface area contributed by atoms with E-state index >= 15 is 0 Å². The van der Waals surface area contributed by atoms with Crippen LogP contribution in [0.1, 0.15) is 5.56 Å². The van der Waals surface area contributed by atoms with Crippen LogP contribution < -0.4 is 14.8 Å². The normalized spacial score (nSPS) is 10.1. The molecular formula is C11H17NO3. The fraction of sp³-hybridized carbons (Fsp3) is 0.455. The molecule has 1 rings (SSSR count). The Balaban J connectivity index is 2.69. The van der Waals surface area contributed by atoms with E-state index in [-0.39, 0.29) is 6.61 Å². The highest BCUT2D eigenvalue weighted by atomic mass is 16.5. The Kier molecular flexibility index (Phi) is 4.93. The van der Waals surface area contributed by atoms with Crippen LogP contribution in [0.2, 0.25) is 0 Å². The van der Waals surface area contributed by atoms with Crippen LogP contribution in [-0.4, -0.2) is 32.5 Å². The first-order valence-corrected chi connectivity index (χ1v) is 4.84. The Morgan fingerprint density at radius 3 is 2.67 bits per heavy atom. The van der Waals surface area contributed by atoms with Crippen molar-refractivity contribution in [2.45, 2.75) is 6.54 Å². The zero-order valence-corrected chi connectivity index (χ0v) is 9.12. The summed E-state index contributed by atoms with van der Waals surface area (Å²) in [7, 11) is 3.25. The second-order valence-corrected chi connectivity index (χ2v) is 3.08. The number of methoxy groups -OCH3 is 2. The molecule has 0 aliphatic heterocycles. The van der Waals surface area contributed by atoms with Gasteiger partial charge in [0.2, 0.25) is 0 Å². The van der Waals surface area contributed by atoms with Crippen molar-refractivity contribution < 1.29 is 14.6 Å². The van der Waals surface area contributed by atoms with Gasteiger partial charge in [0.15, 0.2) is 0 Å². The summed E-state index contributed by atoms with van der Waals surface area (Å²) in [6.07, 6.45) is 0. The highest BCUT2D eigenvalue weighted by Gasteiger charge is 2.03. The van der Waals surface area contributed by atoms with E-state index < -0.39 is 0 Å². The molecular weight excluding hydrogens is 194 g/mol. The lowest BCUT2D eigenvalue weighted by Gasteiger charge is -2.10. The summed E-state index contributed by atoms with van der Waals surface area (Å²) < 4.78 is 10.3. The molecule has 0 saturated carbocycles. The van der Waals surface area contributed by atoms with E-state index in [1.165, 1.54) is 0 Å². The van der Waals surface area contributed by atoms with Gasteiger partial charge in [0.25, 0.3) is 0 Å². The van der Waals surface area contributed by atoms with Gasteiger partial charge in [-0.15, -0.1) is 0 Å². The molecule has 0 spiro atoms. The van der Waals surface area contributed by atoms with Crippen molar-refractivity contribution >= 4 is 0 Å². The molecule has 1 aromatic carbocycles. The van der Waals surface area contributed by atoms with E-state index in [0.29, 0.717) is 13.1 Å². The quantitative estimate of drug-likeness (QED) is 0.683. The molecule has 0 fully saturated rings. The van der Waals surface area contributed by atoms with E-state index in [2.05, 4.69) is 5.32 Å². The van der Waals surface area contributed by atoms with Crippen LogP contribution in [0.15, 0.2) is 18.2 Å². The molecule has 0 unspecified atom stereocenters. The number of benzene rings is 1. The number of aliphatic hydroxyl groups is 1. The van der Waals surface area contributed by atoms with Gasteiger partial charge in [0, 0.05) is 24.7 Å². The first-order valence-electron chi connectivity index (χ1n) is 4.84. The third kappa shape index (κ3) is 3.42. The number of rotatable bonds is 6. The van der Waals surface area contributed by atoms with E-state index in [9.17, 15) is 0 Å². The molecule has 0 aromatic heterocycles. The Labute approximate surface area is 89.8 Å². The van der Waals surface area contributed by atoms with E-state index in [0.717, 1.165) is 17.1 Å². The molecule has 0 radical (unpaired) electrons. The Bertz CT molecular complexity index is 302. The summed E-state index contributed by atoms with van der Waals surface area (Å²) in [5.74, 6) is 1.57. The van der Waals surface area contributed by atoms with Crippen molar-refractivity contribution in [2.24, 2.45) is 0 Å².